The van der Waals surface area contributed by atoms with E-state index in [9.17, 15) is 13.5 Å². The van der Waals surface area contributed by atoms with Crippen molar-refractivity contribution in [1.29, 1.82) is 0 Å². The van der Waals surface area contributed by atoms with Gasteiger partial charge in [0.25, 0.3) is 0 Å². The summed E-state index contributed by atoms with van der Waals surface area (Å²) in [5.74, 6) is 0. The number of halogens is 1. The van der Waals surface area contributed by atoms with E-state index in [0.717, 1.165) is 11.1 Å². The van der Waals surface area contributed by atoms with Gasteiger partial charge >= 0.3 is 0 Å². The number of benzene rings is 2. The molecule has 1 N–H and O–H groups in total. The fourth-order valence-electron chi connectivity index (χ4n) is 2.29. The average molecular weight is 433 g/mol. The van der Waals surface area contributed by atoms with Crippen LogP contribution in [0.25, 0.3) is 6.08 Å². The minimum atomic E-state index is -3.89. The number of hydrogen-bond acceptors (Lipinski definition) is 3. The Balaban J connectivity index is 2.53. The first-order chi connectivity index (χ1) is 12.2. The van der Waals surface area contributed by atoms with E-state index in [1.54, 1.807) is 44.2 Å². The van der Waals surface area contributed by atoms with Crippen LogP contribution in [0.5, 0.6) is 0 Å². The maximum atomic E-state index is 13.1. The van der Waals surface area contributed by atoms with Crippen LogP contribution in [0.15, 0.2) is 80.2 Å². The van der Waals surface area contributed by atoms with Gasteiger partial charge in [-0.2, -0.15) is 0 Å². The zero-order valence-electron chi connectivity index (χ0n) is 14.9. The molecule has 1 unspecified atom stereocenters. The smallest absolute Gasteiger partial charge is 0.213 e. The number of aliphatic hydroxyl groups excluding tert-OH is 1. The van der Waals surface area contributed by atoms with Gasteiger partial charge in [0.2, 0.25) is 9.84 Å². The average Bonchev–Trinajstić information content (AvgIpc) is 2.60. The second-order valence-corrected chi connectivity index (χ2v) is 8.98. The minimum absolute atomic E-state index is 0.130. The Hall–Kier alpha value is -1.91. The van der Waals surface area contributed by atoms with Crippen molar-refractivity contribution in [3.05, 3.63) is 86.4 Å². The van der Waals surface area contributed by atoms with E-state index >= 15 is 0 Å². The van der Waals surface area contributed by atoms with Crippen LogP contribution in [0.3, 0.4) is 0 Å². The molecule has 0 heterocycles. The molecule has 0 saturated heterocycles. The van der Waals surface area contributed by atoms with Crippen LogP contribution in [0, 0.1) is 6.92 Å². The monoisotopic (exact) mass is 432 g/mol. The molecule has 0 bridgehead atoms. The number of sulfone groups is 1. The first-order valence-corrected chi connectivity index (χ1v) is 10.4. The topological polar surface area (TPSA) is 54.4 Å². The normalized spacial score (nSPS) is 13.0. The molecule has 26 heavy (non-hydrogen) atoms. The summed E-state index contributed by atoms with van der Waals surface area (Å²) in [5, 5.41) is 10.7. The summed E-state index contributed by atoms with van der Waals surface area (Å²) in [7, 11) is -3.89. The molecule has 0 fully saturated rings. The van der Waals surface area contributed by atoms with Crippen LogP contribution >= 0.6 is 15.9 Å². The first kappa shape index (κ1) is 20.4. The molecule has 0 aliphatic rings. The van der Waals surface area contributed by atoms with E-state index in [1.165, 1.54) is 0 Å². The van der Waals surface area contributed by atoms with Gasteiger partial charge in [-0.25, -0.2) is 8.42 Å². The lowest BCUT2D eigenvalue weighted by atomic mass is 10.2. The first-order valence-electron chi connectivity index (χ1n) is 8.08. The molecule has 0 aliphatic heterocycles. The third kappa shape index (κ3) is 5.05. The molecule has 0 spiro atoms. The van der Waals surface area contributed by atoms with E-state index in [2.05, 4.69) is 21.7 Å². The Bertz CT molecular complexity index is 962. The molecule has 136 valence electrons. The summed E-state index contributed by atoms with van der Waals surface area (Å²) in [4.78, 5) is -0.0497. The summed E-state index contributed by atoms with van der Waals surface area (Å²) in [5.41, 5.74) is 5.30. The lowest BCUT2D eigenvalue weighted by Crippen LogP contribution is -2.18. The molecule has 0 saturated carbocycles. The molecule has 5 heteroatoms. The molecule has 2 aromatic carbocycles. The van der Waals surface area contributed by atoms with Crippen LogP contribution < -0.4 is 0 Å². The van der Waals surface area contributed by atoms with Crippen LogP contribution in [0.1, 0.15) is 25.0 Å². The predicted molar refractivity (Wildman–Crippen MR) is 110 cm³/mol. The van der Waals surface area contributed by atoms with Gasteiger partial charge in [0.1, 0.15) is 11.0 Å². The van der Waals surface area contributed by atoms with E-state index in [0.29, 0.717) is 10.1 Å². The van der Waals surface area contributed by atoms with Crippen molar-refractivity contribution in [2.24, 2.45) is 0 Å². The van der Waals surface area contributed by atoms with Crippen LogP contribution in [-0.4, -0.2) is 19.6 Å². The molecular weight excluding hydrogens is 412 g/mol. The van der Waals surface area contributed by atoms with Crippen LogP contribution in [0.2, 0.25) is 0 Å². The number of aryl methyl sites for hydroxylation is 1. The van der Waals surface area contributed by atoms with Gasteiger partial charge in [-0.3, -0.25) is 0 Å². The fourth-order valence-corrected chi connectivity index (χ4v) is 4.44. The number of rotatable bonds is 5. The fraction of sp³-hybridized carbons (Fsp3) is 0.190. The van der Waals surface area contributed by atoms with Gasteiger partial charge in [-0.05, 0) is 50.1 Å². The summed E-state index contributed by atoms with van der Waals surface area (Å²) in [6.07, 6.45) is 0.346. The van der Waals surface area contributed by atoms with Crippen LogP contribution in [0.4, 0.5) is 0 Å². The summed E-state index contributed by atoms with van der Waals surface area (Å²) < 4.78 is 26.5. The van der Waals surface area contributed by atoms with Gasteiger partial charge < -0.3 is 5.11 Å². The van der Waals surface area contributed by atoms with E-state index in [-0.39, 0.29) is 9.80 Å². The Morgan fingerprint density at radius 2 is 1.65 bits per heavy atom. The van der Waals surface area contributed by atoms with E-state index in [1.807, 2.05) is 37.3 Å². The molecule has 0 radical (unpaired) electrons. The van der Waals surface area contributed by atoms with Crippen molar-refractivity contribution >= 4 is 31.8 Å². The van der Waals surface area contributed by atoms with Crippen molar-refractivity contribution in [2.45, 2.75) is 31.8 Å². The van der Waals surface area contributed by atoms with Crippen molar-refractivity contribution in [1.82, 2.24) is 0 Å². The highest BCUT2D eigenvalue weighted by Crippen LogP contribution is 2.29. The Morgan fingerprint density at radius 1 is 1.08 bits per heavy atom. The molecule has 2 aromatic rings. The second kappa shape index (κ2) is 8.65. The van der Waals surface area contributed by atoms with Gasteiger partial charge in [-0.1, -0.05) is 64.0 Å². The van der Waals surface area contributed by atoms with E-state index in [4.69, 9.17) is 0 Å². The summed E-state index contributed by atoms with van der Waals surface area (Å²) >= 11 is 3.32. The predicted octanol–water partition coefficient (Wildman–Crippen LogP) is 5.01. The molecule has 2 rings (SSSR count). The summed E-state index contributed by atoms with van der Waals surface area (Å²) in [6.45, 7) is 5.37. The summed E-state index contributed by atoms with van der Waals surface area (Å²) in [6, 6.07) is 15.9. The highest BCUT2D eigenvalue weighted by molar-refractivity contribution is 9.11. The van der Waals surface area contributed by atoms with E-state index < -0.39 is 15.9 Å². The maximum Gasteiger partial charge on any atom is 0.213 e. The third-order valence-electron chi connectivity index (χ3n) is 3.61. The molecule has 0 amide bonds. The lowest BCUT2D eigenvalue weighted by molar-refractivity contribution is 0.264. The Kier molecular flexibility index (Phi) is 6.79. The SMILES string of the molecule is CC(C)=C=C(C(O)/C(Br)=C\c1ccccc1)S(=O)(=O)c1ccc(C)cc1. The Labute approximate surface area is 163 Å². The highest BCUT2D eigenvalue weighted by atomic mass is 79.9. The maximum absolute atomic E-state index is 13.1. The quantitative estimate of drug-likeness (QED) is 0.675. The van der Waals surface area contributed by atoms with Gasteiger partial charge in [0.05, 0.1) is 4.90 Å². The van der Waals surface area contributed by atoms with Crippen molar-refractivity contribution in [2.75, 3.05) is 0 Å². The highest BCUT2D eigenvalue weighted by Gasteiger charge is 2.28. The molecule has 3 nitrogen and oxygen atoms in total. The molecular formula is C21H21BrO3S. The van der Waals surface area contributed by atoms with Gasteiger partial charge in [0.15, 0.2) is 0 Å². The second-order valence-electron chi connectivity index (χ2n) is 6.15. The zero-order valence-corrected chi connectivity index (χ0v) is 17.3. The Morgan fingerprint density at radius 3 is 2.19 bits per heavy atom. The molecule has 0 aromatic heterocycles. The number of hydrogen-bond donors (Lipinski definition) is 1. The largest absolute Gasteiger partial charge is 0.382 e. The van der Waals surface area contributed by atoms with Crippen LogP contribution in [-0.2, 0) is 9.84 Å². The van der Waals surface area contributed by atoms with Crippen molar-refractivity contribution < 1.29 is 13.5 Å². The molecule has 1 atom stereocenters. The number of aliphatic hydroxyl groups is 1. The lowest BCUT2D eigenvalue weighted by Gasteiger charge is -2.14. The molecule has 0 aliphatic carbocycles. The zero-order chi connectivity index (χ0) is 19.3. The van der Waals surface area contributed by atoms with Crippen molar-refractivity contribution in [3.63, 3.8) is 0 Å². The van der Waals surface area contributed by atoms with Crippen molar-refractivity contribution in [3.8, 4) is 0 Å². The minimum Gasteiger partial charge on any atom is -0.382 e. The van der Waals surface area contributed by atoms with Gasteiger partial charge in [0, 0.05) is 4.48 Å². The van der Waals surface area contributed by atoms with Gasteiger partial charge in [-0.15, -0.1) is 5.73 Å². The standard InChI is InChI=1S/C21H21BrO3S/c1-15(2)13-20(26(24,25)18-11-9-16(3)10-12-18)21(23)19(22)14-17-7-5-4-6-8-17/h4-12,14,21,23H,1-3H3/b19-14+. The third-order valence-corrected chi connectivity index (χ3v) is 6.07.